The fraction of sp³-hybridized carbons (Fsp3) is 0.444. The molecule has 23 heavy (non-hydrogen) atoms. The number of benzene rings is 1. The van der Waals surface area contributed by atoms with Gasteiger partial charge in [0, 0.05) is 25.4 Å². The van der Waals surface area contributed by atoms with Crippen molar-refractivity contribution in [1.82, 2.24) is 14.9 Å². The lowest BCUT2D eigenvalue weighted by molar-refractivity contribution is 0.0945. The maximum Gasteiger partial charge on any atom is 0.220 e. The Morgan fingerprint density at radius 1 is 1.26 bits per heavy atom. The Morgan fingerprint density at radius 2 is 2.09 bits per heavy atom. The van der Waals surface area contributed by atoms with Crippen molar-refractivity contribution in [3.8, 4) is 11.1 Å². The van der Waals surface area contributed by atoms with Gasteiger partial charge < -0.3 is 10.5 Å². The molecule has 2 N–H and O–H groups in total. The second-order valence-electron chi connectivity index (χ2n) is 5.93. The number of methoxy groups -OCH3 is 1. The van der Waals surface area contributed by atoms with E-state index in [1.807, 2.05) is 24.4 Å². The van der Waals surface area contributed by atoms with Crippen LogP contribution in [0.1, 0.15) is 31.0 Å². The maximum absolute atomic E-state index is 5.89. The Labute approximate surface area is 137 Å². The van der Waals surface area contributed by atoms with E-state index in [4.69, 9.17) is 10.5 Å². The number of nitrogens with zero attached hydrogens (tertiary/aromatic N) is 3. The van der Waals surface area contributed by atoms with Crippen LogP contribution in [0.25, 0.3) is 11.1 Å². The predicted octanol–water partition coefficient (Wildman–Crippen LogP) is 2.90. The number of nitrogens with two attached hydrogens (primary N) is 1. The van der Waals surface area contributed by atoms with Crippen molar-refractivity contribution in [3.05, 3.63) is 42.2 Å². The lowest BCUT2D eigenvalue weighted by Gasteiger charge is -2.36. The SMILES string of the molecule is COCCN1CCCCC1c1nc(N)ncc1-c1ccccc1. The molecule has 1 aliphatic rings. The van der Waals surface area contributed by atoms with Gasteiger partial charge in [0.2, 0.25) is 5.95 Å². The van der Waals surface area contributed by atoms with Crippen molar-refractivity contribution >= 4 is 5.95 Å². The molecule has 5 nitrogen and oxygen atoms in total. The first-order chi connectivity index (χ1) is 11.3. The first-order valence-corrected chi connectivity index (χ1v) is 8.20. The second kappa shape index (κ2) is 7.53. The van der Waals surface area contributed by atoms with Crippen molar-refractivity contribution in [2.75, 3.05) is 32.5 Å². The van der Waals surface area contributed by atoms with Crippen LogP contribution in [0.3, 0.4) is 0 Å². The molecular formula is C18H24N4O. The van der Waals surface area contributed by atoms with Gasteiger partial charge in [-0.15, -0.1) is 0 Å². The summed E-state index contributed by atoms with van der Waals surface area (Å²) in [5.41, 5.74) is 9.15. The third-order valence-corrected chi connectivity index (χ3v) is 4.43. The van der Waals surface area contributed by atoms with Crippen molar-refractivity contribution < 1.29 is 4.74 Å². The van der Waals surface area contributed by atoms with Gasteiger partial charge in [-0.05, 0) is 24.9 Å². The summed E-state index contributed by atoms with van der Waals surface area (Å²) in [5.74, 6) is 0.344. The topological polar surface area (TPSA) is 64.3 Å². The summed E-state index contributed by atoms with van der Waals surface area (Å²) < 4.78 is 5.27. The van der Waals surface area contributed by atoms with E-state index >= 15 is 0 Å². The Bertz CT molecular complexity index is 632. The van der Waals surface area contributed by atoms with Crippen molar-refractivity contribution in [2.24, 2.45) is 0 Å². The highest BCUT2D eigenvalue weighted by Crippen LogP contribution is 2.35. The first-order valence-electron chi connectivity index (χ1n) is 8.20. The molecule has 1 aromatic heterocycles. The molecule has 1 aliphatic heterocycles. The second-order valence-corrected chi connectivity index (χ2v) is 5.93. The van der Waals surface area contributed by atoms with E-state index in [1.165, 1.54) is 12.8 Å². The van der Waals surface area contributed by atoms with Crippen LogP contribution in [0, 0.1) is 0 Å². The fourth-order valence-corrected chi connectivity index (χ4v) is 3.28. The number of ether oxygens (including phenoxy) is 1. The molecule has 1 unspecified atom stereocenters. The van der Waals surface area contributed by atoms with E-state index in [2.05, 4.69) is 27.0 Å². The summed E-state index contributed by atoms with van der Waals surface area (Å²) in [6, 6.07) is 10.6. The number of hydrogen-bond acceptors (Lipinski definition) is 5. The molecular weight excluding hydrogens is 288 g/mol. The minimum absolute atomic E-state index is 0.277. The molecule has 3 rings (SSSR count). The van der Waals surface area contributed by atoms with E-state index in [-0.39, 0.29) is 6.04 Å². The number of rotatable bonds is 5. The van der Waals surface area contributed by atoms with Crippen LogP contribution in [0.5, 0.6) is 0 Å². The van der Waals surface area contributed by atoms with Crippen LogP contribution in [0.4, 0.5) is 5.95 Å². The summed E-state index contributed by atoms with van der Waals surface area (Å²) in [5, 5.41) is 0. The minimum atomic E-state index is 0.277. The number of hydrogen-bond donors (Lipinski definition) is 1. The van der Waals surface area contributed by atoms with Crippen LogP contribution in [0.2, 0.25) is 0 Å². The molecule has 0 bridgehead atoms. The molecule has 0 amide bonds. The average Bonchev–Trinajstić information content (AvgIpc) is 2.61. The fourth-order valence-electron chi connectivity index (χ4n) is 3.28. The Kier molecular flexibility index (Phi) is 5.20. The molecule has 1 aromatic carbocycles. The summed E-state index contributed by atoms with van der Waals surface area (Å²) in [6.45, 7) is 2.73. The zero-order valence-electron chi connectivity index (χ0n) is 13.6. The standard InChI is InChI=1S/C18H24N4O/c1-23-12-11-22-10-6-5-9-16(22)17-15(13-20-18(19)21-17)14-7-3-2-4-8-14/h2-4,7-8,13,16H,5-6,9-12H2,1H3,(H2,19,20,21). The number of nitrogen functional groups attached to an aromatic ring is 1. The summed E-state index contributed by atoms with van der Waals surface area (Å²) in [7, 11) is 1.75. The van der Waals surface area contributed by atoms with Gasteiger partial charge in [-0.3, -0.25) is 4.90 Å². The first kappa shape index (κ1) is 15.9. The highest BCUT2D eigenvalue weighted by Gasteiger charge is 2.27. The van der Waals surface area contributed by atoms with Gasteiger partial charge in [0.05, 0.1) is 18.3 Å². The van der Waals surface area contributed by atoms with Crippen molar-refractivity contribution in [3.63, 3.8) is 0 Å². The largest absolute Gasteiger partial charge is 0.383 e. The molecule has 0 spiro atoms. The molecule has 1 saturated heterocycles. The van der Waals surface area contributed by atoms with Crippen LogP contribution in [-0.2, 0) is 4.74 Å². The molecule has 2 heterocycles. The maximum atomic E-state index is 5.89. The van der Waals surface area contributed by atoms with Crippen LogP contribution >= 0.6 is 0 Å². The third kappa shape index (κ3) is 3.68. The molecule has 122 valence electrons. The third-order valence-electron chi connectivity index (χ3n) is 4.43. The summed E-state index contributed by atoms with van der Waals surface area (Å²) in [6.07, 6.45) is 5.39. The van der Waals surface area contributed by atoms with Crippen molar-refractivity contribution in [2.45, 2.75) is 25.3 Å². The highest BCUT2D eigenvalue weighted by atomic mass is 16.5. The van der Waals surface area contributed by atoms with Gasteiger partial charge in [0.1, 0.15) is 0 Å². The number of likely N-dealkylation sites (tertiary alicyclic amines) is 1. The minimum Gasteiger partial charge on any atom is -0.383 e. The van der Waals surface area contributed by atoms with Crippen LogP contribution in [0.15, 0.2) is 36.5 Å². The van der Waals surface area contributed by atoms with E-state index in [0.29, 0.717) is 5.95 Å². The van der Waals surface area contributed by atoms with E-state index < -0.39 is 0 Å². The normalized spacial score (nSPS) is 18.9. The summed E-state index contributed by atoms with van der Waals surface area (Å²) >= 11 is 0. The van der Waals surface area contributed by atoms with Gasteiger partial charge in [0.25, 0.3) is 0 Å². The zero-order valence-corrected chi connectivity index (χ0v) is 13.6. The number of anilines is 1. The van der Waals surface area contributed by atoms with Gasteiger partial charge in [-0.2, -0.15) is 0 Å². The quantitative estimate of drug-likeness (QED) is 0.919. The van der Waals surface area contributed by atoms with E-state index in [0.717, 1.165) is 42.9 Å². The summed E-state index contributed by atoms with van der Waals surface area (Å²) in [4.78, 5) is 11.3. The van der Waals surface area contributed by atoms with Crippen LogP contribution < -0.4 is 5.73 Å². The molecule has 1 atom stereocenters. The lowest BCUT2D eigenvalue weighted by atomic mass is 9.94. The molecule has 0 aliphatic carbocycles. The Morgan fingerprint density at radius 3 is 2.87 bits per heavy atom. The predicted molar refractivity (Wildman–Crippen MR) is 91.9 cm³/mol. The molecule has 0 saturated carbocycles. The van der Waals surface area contributed by atoms with Gasteiger partial charge in [-0.1, -0.05) is 36.8 Å². The Balaban J connectivity index is 1.98. The van der Waals surface area contributed by atoms with E-state index in [1.54, 1.807) is 7.11 Å². The van der Waals surface area contributed by atoms with Gasteiger partial charge in [0.15, 0.2) is 0 Å². The average molecular weight is 312 g/mol. The molecule has 1 fully saturated rings. The van der Waals surface area contributed by atoms with Gasteiger partial charge in [-0.25, -0.2) is 9.97 Å². The Hall–Kier alpha value is -1.98. The number of piperidine rings is 1. The van der Waals surface area contributed by atoms with Crippen LogP contribution in [-0.4, -0.2) is 41.7 Å². The lowest BCUT2D eigenvalue weighted by Crippen LogP contribution is -2.36. The highest BCUT2D eigenvalue weighted by molar-refractivity contribution is 5.66. The monoisotopic (exact) mass is 312 g/mol. The van der Waals surface area contributed by atoms with Crippen molar-refractivity contribution in [1.29, 1.82) is 0 Å². The zero-order chi connectivity index (χ0) is 16.1. The van der Waals surface area contributed by atoms with E-state index in [9.17, 15) is 0 Å². The molecule has 0 radical (unpaired) electrons. The van der Waals surface area contributed by atoms with Gasteiger partial charge >= 0.3 is 0 Å². The smallest absolute Gasteiger partial charge is 0.220 e. The molecule has 5 heteroatoms. The number of aromatic nitrogens is 2. The molecule has 2 aromatic rings.